The van der Waals surface area contributed by atoms with Gasteiger partial charge in [-0.3, -0.25) is 0 Å². The van der Waals surface area contributed by atoms with Crippen molar-refractivity contribution in [3.05, 3.63) is 42.1 Å². The van der Waals surface area contributed by atoms with Gasteiger partial charge >= 0.3 is 7.25 Å². The molecular weight excluding hydrogens is 287 g/mol. The summed E-state index contributed by atoms with van der Waals surface area (Å²) in [5, 5.41) is 4.09. The van der Waals surface area contributed by atoms with E-state index in [-0.39, 0.29) is 0 Å². The van der Waals surface area contributed by atoms with Crippen LogP contribution in [0.3, 0.4) is 0 Å². The van der Waals surface area contributed by atoms with Gasteiger partial charge in [-0.15, -0.1) is 0 Å². The summed E-state index contributed by atoms with van der Waals surface area (Å²) in [6, 6.07) is 12.0. The van der Waals surface area contributed by atoms with E-state index in [4.69, 9.17) is 4.52 Å². The molecule has 2 rings (SSSR count). The first kappa shape index (κ1) is 17.2. The topological polar surface area (TPSA) is 26.0 Å². The molecule has 3 nitrogen and oxygen atoms in total. The summed E-state index contributed by atoms with van der Waals surface area (Å²) < 4.78 is 45.2. The maximum atomic E-state index is 9.75. The van der Waals surface area contributed by atoms with Crippen molar-refractivity contribution in [3.8, 4) is 11.3 Å². The lowest BCUT2D eigenvalue weighted by Gasteiger charge is -2.21. The Bertz CT molecular complexity index is 543. The molecule has 0 N–H and O–H groups in total. The minimum absolute atomic E-state index is 0.837. The van der Waals surface area contributed by atoms with Gasteiger partial charge in [0.1, 0.15) is 12.2 Å². The fourth-order valence-electron chi connectivity index (χ4n) is 1.61. The molecule has 0 aliphatic carbocycles. The molecule has 0 spiro atoms. The predicted octanol–water partition coefficient (Wildman–Crippen LogP) is 3.85. The molecule has 0 saturated carbocycles. The Morgan fingerprint density at radius 1 is 1.05 bits per heavy atom. The van der Waals surface area contributed by atoms with Crippen molar-refractivity contribution in [3.63, 3.8) is 0 Å². The van der Waals surface area contributed by atoms with E-state index in [1.54, 1.807) is 0 Å². The van der Waals surface area contributed by atoms with Crippen LogP contribution in [0.2, 0.25) is 0 Å². The summed E-state index contributed by atoms with van der Waals surface area (Å²) in [6.45, 7) is 0.871. The van der Waals surface area contributed by atoms with E-state index in [0.29, 0.717) is 0 Å². The van der Waals surface area contributed by atoms with Gasteiger partial charge in [0, 0.05) is 11.6 Å². The van der Waals surface area contributed by atoms with Crippen LogP contribution in [-0.4, -0.2) is 38.0 Å². The van der Waals surface area contributed by atoms with E-state index in [1.807, 2.05) is 36.4 Å². The maximum absolute atomic E-state index is 9.75. The molecule has 0 aliphatic heterocycles. The number of quaternary nitrogens is 1. The highest BCUT2D eigenvalue weighted by atomic mass is 19.5. The number of benzene rings is 1. The standard InChI is InChI=1S/C13H17N2O.BF4/c1-15(2,3)10-12-9-13(16-14-12)11-7-5-4-6-8-11;2-1(3,4)5/h4-9H,10H2,1-3H3;/q+1;-1. The Morgan fingerprint density at radius 2 is 1.57 bits per heavy atom. The second-order valence-electron chi connectivity index (χ2n) is 5.49. The van der Waals surface area contributed by atoms with Crippen molar-refractivity contribution >= 4 is 7.25 Å². The molecule has 1 aromatic heterocycles. The molecule has 116 valence electrons. The Kier molecular flexibility index (Phi) is 5.54. The van der Waals surface area contributed by atoms with Gasteiger partial charge in [-0.2, -0.15) is 0 Å². The third-order valence-electron chi connectivity index (χ3n) is 2.25. The van der Waals surface area contributed by atoms with Crippen molar-refractivity contribution in [1.29, 1.82) is 0 Å². The molecule has 0 fully saturated rings. The van der Waals surface area contributed by atoms with Crippen LogP contribution < -0.4 is 0 Å². The molecule has 1 heterocycles. The molecule has 8 heteroatoms. The molecule has 0 atom stereocenters. The Labute approximate surface area is 120 Å². The SMILES string of the molecule is C[N+](C)(C)Cc1cc(-c2ccccc2)on1.F[B-](F)(F)F. The zero-order valence-corrected chi connectivity index (χ0v) is 12.1. The van der Waals surface area contributed by atoms with Crippen LogP contribution in [0.15, 0.2) is 40.9 Å². The van der Waals surface area contributed by atoms with E-state index in [0.717, 1.165) is 28.0 Å². The lowest BCUT2D eigenvalue weighted by atomic mass is 10.1. The first-order chi connectivity index (χ1) is 9.54. The van der Waals surface area contributed by atoms with Gasteiger partial charge in [0.05, 0.1) is 21.1 Å². The third kappa shape index (κ3) is 8.14. The molecule has 2 aromatic rings. The first-order valence-electron chi connectivity index (χ1n) is 6.23. The fourth-order valence-corrected chi connectivity index (χ4v) is 1.61. The second kappa shape index (κ2) is 6.75. The normalized spacial score (nSPS) is 11.8. The summed E-state index contributed by atoms with van der Waals surface area (Å²) >= 11 is 0. The van der Waals surface area contributed by atoms with Crippen molar-refractivity contribution in [2.24, 2.45) is 0 Å². The number of nitrogens with zero attached hydrogens (tertiary/aromatic N) is 2. The lowest BCUT2D eigenvalue weighted by molar-refractivity contribution is -0.884. The van der Waals surface area contributed by atoms with Crippen molar-refractivity contribution in [2.75, 3.05) is 21.1 Å². The number of hydrogen-bond donors (Lipinski definition) is 0. The largest absolute Gasteiger partial charge is 0.673 e. The Balaban J connectivity index is 0.000000383. The average molecular weight is 304 g/mol. The van der Waals surface area contributed by atoms with E-state index in [1.165, 1.54) is 0 Å². The van der Waals surface area contributed by atoms with E-state index < -0.39 is 7.25 Å². The molecule has 0 unspecified atom stereocenters. The number of hydrogen-bond acceptors (Lipinski definition) is 2. The van der Waals surface area contributed by atoms with Gasteiger partial charge in [-0.05, 0) is 0 Å². The van der Waals surface area contributed by atoms with Crippen LogP contribution in [0.5, 0.6) is 0 Å². The predicted molar refractivity (Wildman–Crippen MR) is 73.9 cm³/mol. The van der Waals surface area contributed by atoms with Crippen LogP contribution in [0.4, 0.5) is 17.3 Å². The van der Waals surface area contributed by atoms with Crippen molar-refractivity contribution in [2.45, 2.75) is 6.54 Å². The zero-order valence-electron chi connectivity index (χ0n) is 12.1. The average Bonchev–Trinajstić information content (AvgIpc) is 2.74. The van der Waals surface area contributed by atoms with Crippen molar-refractivity contribution < 1.29 is 26.3 Å². The highest BCUT2D eigenvalue weighted by Gasteiger charge is 2.20. The summed E-state index contributed by atoms with van der Waals surface area (Å²) in [7, 11) is 0.407. The number of aromatic nitrogens is 1. The molecule has 0 aliphatic rings. The van der Waals surface area contributed by atoms with Crippen LogP contribution >= 0.6 is 0 Å². The molecule has 0 amide bonds. The number of halogens is 4. The molecule has 0 bridgehead atoms. The quantitative estimate of drug-likeness (QED) is 0.489. The lowest BCUT2D eigenvalue weighted by Crippen LogP contribution is -2.33. The van der Waals surface area contributed by atoms with Gasteiger partial charge in [0.25, 0.3) is 0 Å². The van der Waals surface area contributed by atoms with Gasteiger partial charge in [0.2, 0.25) is 0 Å². The van der Waals surface area contributed by atoms with Gasteiger partial charge in [0.15, 0.2) is 5.76 Å². The highest BCUT2D eigenvalue weighted by molar-refractivity contribution is 6.50. The molecule has 1 aromatic carbocycles. The first-order valence-corrected chi connectivity index (χ1v) is 6.23. The van der Waals surface area contributed by atoms with Crippen molar-refractivity contribution in [1.82, 2.24) is 5.16 Å². The van der Waals surface area contributed by atoms with Gasteiger partial charge in [-0.1, -0.05) is 35.5 Å². The smallest absolute Gasteiger partial charge is 0.418 e. The fraction of sp³-hybridized carbons (Fsp3) is 0.308. The van der Waals surface area contributed by atoms with Crippen LogP contribution in [0.25, 0.3) is 11.3 Å². The molecule has 0 radical (unpaired) electrons. The monoisotopic (exact) mass is 304 g/mol. The zero-order chi connectivity index (χ0) is 16.1. The summed E-state index contributed by atoms with van der Waals surface area (Å²) in [5.74, 6) is 0.837. The third-order valence-corrected chi connectivity index (χ3v) is 2.25. The van der Waals surface area contributed by atoms with E-state index in [9.17, 15) is 17.3 Å². The maximum Gasteiger partial charge on any atom is 0.673 e. The minimum atomic E-state index is -6.00. The van der Waals surface area contributed by atoms with E-state index in [2.05, 4.69) is 26.3 Å². The van der Waals surface area contributed by atoms with Crippen LogP contribution in [0.1, 0.15) is 5.69 Å². The molecule has 21 heavy (non-hydrogen) atoms. The Hall–Kier alpha value is -1.83. The highest BCUT2D eigenvalue weighted by Crippen LogP contribution is 2.20. The van der Waals surface area contributed by atoms with Gasteiger partial charge in [-0.25, -0.2) is 0 Å². The Morgan fingerprint density at radius 3 is 2.05 bits per heavy atom. The molecule has 0 saturated heterocycles. The second-order valence-corrected chi connectivity index (χ2v) is 5.49. The van der Waals surface area contributed by atoms with E-state index >= 15 is 0 Å². The summed E-state index contributed by atoms with van der Waals surface area (Å²) in [6.07, 6.45) is 0. The number of rotatable bonds is 3. The summed E-state index contributed by atoms with van der Waals surface area (Å²) in [5.41, 5.74) is 2.06. The summed E-state index contributed by atoms with van der Waals surface area (Å²) in [4.78, 5) is 0. The van der Waals surface area contributed by atoms with Gasteiger partial charge < -0.3 is 26.3 Å². The van der Waals surface area contributed by atoms with Crippen LogP contribution in [0, 0.1) is 0 Å². The minimum Gasteiger partial charge on any atom is -0.418 e. The van der Waals surface area contributed by atoms with Crippen LogP contribution in [-0.2, 0) is 6.54 Å². The molecular formula is C13H17BF4N2O.